The fraction of sp³-hybridized carbons (Fsp3) is 0. The maximum Gasteiger partial charge on any atom is 0.138 e. The molecule has 0 aliphatic carbocycles. The smallest absolute Gasteiger partial charge is 0.138 e. The second-order valence-electron chi connectivity index (χ2n) is 3.12. The Morgan fingerprint density at radius 2 is 1.67 bits per heavy atom. The second kappa shape index (κ2) is 4.61. The van der Waals surface area contributed by atoms with Gasteiger partial charge in [-0.1, -0.05) is 30.3 Å². The number of hydrogen-bond acceptors (Lipinski definition) is 0. The lowest BCUT2D eigenvalue weighted by molar-refractivity contribution is 0.620. The van der Waals surface area contributed by atoms with Crippen molar-refractivity contribution in [3.8, 4) is 11.1 Å². The predicted molar refractivity (Wildman–Crippen MR) is 72.3 cm³/mol. The van der Waals surface area contributed by atoms with Crippen molar-refractivity contribution in [2.75, 3.05) is 0 Å². The minimum absolute atomic E-state index is 0.191. The largest absolute Gasteiger partial charge is 0.206 e. The number of hydrogen-bond donors (Lipinski definition) is 0. The molecule has 0 N–H and O–H groups in total. The molecule has 0 unspecified atom stereocenters. The molecule has 15 heavy (non-hydrogen) atoms. The molecule has 0 aliphatic heterocycles. The van der Waals surface area contributed by atoms with Crippen LogP contribution in [-0.4, -0.2) is 0 Å². The maximum absolute atomic E-state index is 13.5. The van der Waals surface area contributed by atoms with E-state index in [2.05, 4.69) is 15.9 Å². The third kappa shape index (κ3) is 2.39. The average molecular weight is 377 g/mol. The SMILES string of the molecule is Fc1cc(-c2ccccc2)cc(Br)c1I. The molecule has 0 nitrogen and oxygen atoms in total. The van der Waals surface area contributed by atoms with Crippen LogP contribution < -0.4 is 0 Å². The first-order valence-electron chi connectivity index (χ1n) is 4.38. The number of halogens is 3. The first-order chi connectivity index (χ1) is 7.18. The lowest BCUT2D eigenvalue weighted by atomic mass is 10.1. The molecule has 76 valence electrons. The summed E-state index contributed by atoms with van der Waals surface area (Å²) in [5.74, 6) is -0.191. The van der Waals surface area contributed by atoms with Crippen LogP contribution in [0.5, 0.6) is 0 Å². The van der Waals surface area contributed by atoms with Crippen molar-refractivity contribution < 1.29 is 4.39 Å². The Hall–Kier alpha value is -0.420. The summed E-state index contributed by atoms with van der Waals surface area (Å²) in [6.07, 6.45) is 0. The van der Waals surface area contributed by atoms with Crippen molar-refractivity contribution in [2.24, 2.45) is 0 Å². The lowest BCUT2D eigenvalue weighted by Gasteiger charge is -2.04. The number of benzene rings is 2. The fourth-order valence-electron chi connectivity index (χ4n) is 1.35. The van der Waals surface area contributed by atoms with Crippen molar-refractivity contribution >= 4 is 38.5 Å². The Morgan fingerprint density at radius 3 is 2.27 bits per heavy atom. The van der Waals surface area contributed by atoms with Gasteiger partial charge in [0.1, 0.15) is 5.82 Å². The highest BCUT2D eigenvalue weighted by Gasteiger charge is 2.07. The highest BCUT2D eigenvalue weighted by atomic mass is 127. The van der Waals surface area contributed by atoms with Gasteiger partial charge in [0.15, 0.2) is 0 Å². The van der Waals surface area contributed by atoms with Gasteiger partial charge in [-0.25, -0.2) is 4.39 Å². The van der Waals surface area contributed by atoms with Crippen molar-refractivity contribution in [3.05, 3.63) is 56.3 Å². The normalized spacial score (nSPS) is 10.3. The van der Waals surface area contributed by atoms with Gasteiger partial charge in [0.2, 0.25) is 0 Å². The van der Waals surface area contributed by atoms with Crippen LogP contribution in [0.25, 0.3) is 11.1 Å². The quantitative estimate of drug-likeness (QED) is 0.492. The highest BCUT2D eigenvalue weighted by Crippen LogP contribution is 2.29. The summed E-state index contributed by atoms with van der Waals surface area (Å²) in [6, 6.07) is 13.3. The minimum Gasteiger partial charge on any atom is -0.206 e. The summed E-state index contributed by atoms with van der Waals surface area (Å²) in [4.78, 5) is 0. The molecule has 0 fully saturated rings. The van der Waals surface area contributed by atoms with E-state index in [0.29, 0.717) is 3.57 Å². The third-order valence-electron chi connectivity index (χ3n) is 2.09. The molecule has 0 heterocycles. The molecule has 0 amide bonds. The Kier molecular flexibility index (Phi) is 3.41. The zero-order valence-corrected chi connectivity index (χ0v) is 11.4. The summed E-state index contributed by atoms with van der Waals surface area (Å²) in [5, 5.41) is 0. The maximum atomic E-state index is 13.5. The van der Waals surface area contributed by atoms with E-state index in [0.717, 1.165) is 15.6 Å². The van der Waals surface area contributed by atoms with E-state index in [-0.39, 0.29) is 5.82 Å². The average Bonchev–Trinajstić information content (AvgIpc) is 2.26. The van der Waals surface area contributed by atoms with E-state index >= 15 is 0 Å². The van der Waals surface area contributed by atoms with Crippen molar-refractivity contribution in [1.82, 2.24) is 0 Å². The zero-order valence-electron chi connectivity index (χ0n) is 7.68. The van der Waals surface area contributed by atoms with Crippen LogP contribution in [-0.2, 0) is 0 Å². The Balaban J connectivity index is 2.56. The van der Waals surface area contributed by atoms with Crippen molar-refractivity contribution in [1.29, 1.82) is 0 Å². The summed E-state index contributed by atoms with van der Waals surface area (Å²) in [6.45, 7) is 0. The van der Waals surface area contributed by atoms with E-state index in [9.17, 15) is 4.39 Å². The van der Waals surface area contributed by atoms with Gasteiger partial charge in [0, 0.05) is 4.47 Å². The molecule has 3 heteroatoms. The first-order valence-corrected chi connectivity index (χ1v) is 6.25. The van der Waals surface area contributed by atoms with E-state index in [1.165, 1.54) is 0 Å². The molecule has 0 atom stereocenters. The van der Waals surface area contributed by atoms with Crippen LogP contribution in [0.2, 0.25) is 0 Å². The molecule has 0 radical (unpaired) electrons. The van der Waals surface area contributed by atoms with Crippen LogP contribution in [0.3, 0.4) is 0 Å². The highest BCUT2D eigenvalue weighted by molar-refractivity contribution is 14.1. The van der Waals surface area contributed by atoms with Gasteiger partial charge in [-0.15, -0.1) is 0 Å². The van der Waals surface area contributed by atoms with Crippen LogP contribution in [0.4, 0.5) is 4.39 Å². The van der Waals surface area contributed by atoms with Gasteiger partial charge in [0.05, 0.1) is 3.57 Å². The predicted octanol–water partition coefficient (Wildman–Crippen LogP) is 4.86. The van der Waals surface area contributed by atoms with Crippen molar-refractivity contribution in [3.63, 3.8) is 0 Å². The first kappa shape index (κ1) is 11.1. The van der Waals surface area contributed by atoms with Gasteiger partial charge >= 0.3 is 0 Å². The molecule has 0 aliphatic rings. The summed E-state index contributed by atoms with van der Waals surface area (Å²) in [7, 11) is 0. The van der Waals surface area contributed by atoms with Crippen LogP contribution >= 0.6 is 38.5 Å². The molecule has 2 aromatic carbocycles. The summed E-state index contributed by atoms with van der Waals surface area (Å²) >= 11 is 5.33. The molecule has 0 aromatic heterocycles. The van der Waals surface area contributed by atoms with Crippen molar-refractivity contribution in [2.45, 2.75) is 0 Å². The minimum atomic E-state index is -0.191. The third-order valence-corrected chi connectivity index (χ3v) is 4.55. The molecule has 0 saturated carbocycles. The zero-order chi connectivity index (χ0) is 10.8. The topological polar surface area (TPSA) is 0 Å². The molecule has 0 saturated heterocycles. The monoisotopic (exact) mass is 376 g/mol. The summed E-state index contributed by atoms with van der Waals surface area (Å²) < 4.78 is 14.9. The Labute approximate surface area is 110 Å². The van der Waals surface area contributed by atoms with Gasteiger partial charge < -0.3 is 0 Å². The second-order valence-corrected chi connectivity index (χ2v) is 5.05. The van der Waals surface area contributed by atoms with Gasteiger partial charge in [-0.05, 0) is 61.8 Å². The molecule has 0 bridgehead atoms. The van der Waals surface area contributed by atoms with E-state index in [1.807, 2.05) is 59.0 Å². The van der Waals surface area contributed by atoms with Crippen LogP contribution in [0.1, 0.15) is 0 Å². The Morgan fingerprint density at radius 1 is 1.00 bits per heavy atom. The number of rotatable bonds is 1. The Bertz CT molecular complexity index is 459. The standard InChI is InChI=1S/C12H7BrFI/c13-10-6-9(7-11(14)12(10)15)8-4-2-1-3-5-8/h1-7H. The fourth-order valence-corrected chi connectivity index (χ4v) is 2.10. The molecular weight excluding hydrogens is 370 g/mol. The lowest BCUT2D eigenvalue weighted by Crippen LogP contribution is -1.86. The molecule has 0 spiro atoms. The van der Waals surface area contributed by atoms with Gasteiger partial charge in [-0.3, -0.25) is 0 Å². The summed E-state index contributed by atoms with van der Waals surface area (Å²) in [5.41, 5.74) is 1.91. The van der Waals surface area contributed by atoms with Gasteiger partial charge in [-0.2, -0.15) is 0 Å². The molecular formula is C12H7BrFI. The molecule has 2 rings (SSSR count). The van der Waals surface area contributed by atoms with Gasteiger partial charge in [0.25, 0.3) is 0 Å². The van der Waals surface area contributed by atoms with E-state index in [1.54, 1.807) is 6.07 Å². The van der Waals surface area contributed by atoms with E-state index < -0.39 is 0 Å². The van der Waals surface area contributed by atoms with Crippen LogP contribution in [0, 0.1) is 9.39 Å². The van der Waals surface area contributed by atoms with Crippen LogP contribution in [0.15, 0.2) is 46.9 Å². The molecule has 2 aromatic rings. The van der Waals surface area contributed by atoms with E-state index in [4.69, 9.17) is 0 Å².